The molecule has 1 amide bonds. The number of nitrogens with zero attached hydrogens (tertiary/aromatic N) is 2. The summed E-state index contributed by atoms with van der Waals surface area (Å²) in [6.07, 6.45) is 0.253. The highest BCUT2D eigenvalue weighted by atomic mass is 16.5. The van der Waals surface area contributed by atoms with Gasteiger partial charge in [0.15, 0.2) is 0 Å². The van der Waals surface area contributed by atoms with Gasteiger partial charge >= 0.3 is 0 Å². The Morgan fingerprint density at radius 3 is 2.78 bits per heavy atom. The molecule has 1 rings (SSSR count). The van der Waals surface area contributed by atoms with Crippen molar-refractivity contribution in [1.29, 1.82) is 5.26 Å². The largest absolute Gasteiger partial charge is 0.507 e. The molecule has 0 spiro atoms. The van der Waals surface area contributed by atoms with E-state index in [0.29, 0.717) is 19.7 Å². The van der Waals surface area contributed by atoms with Crippen molar-refractivity contribution in [2.24, 2.45) is 0 Å². The van der Waals surface area contributed by atoms with Gasteiger partial charge < -0.3 is 14.7 Å². The molecule has 0 fully saturated rings. The molecule has 5 nitrogen and oxygen atoms in total. The van der Waals surface area contributed by atoms with Gasteiger partial charge in [-0.3, -0.25) is 4.79 Å². The lowest BCUT2D eigenvalue weighted by molar-refractivity contribution is 0.0697. The maximum Gasteiger partial charge on any atom is 0.257 e. The van der Waals surface area contributed by atoms with Crippen LogP contribution >= 0.6 is 0 Å². The molecule has 1 aromatic rings. The number of phenols is 1. The number of benzene rings is 1. The zero-order valence-corrected chi connectivity index (χ0v) is 10.3. The topological polar surface area (TPSA) is 73.6 Å². The summed E-state index contributed by atoms with van der Waals surface area (Å²) in [6, 6.07) is 8.36. The highest BCUT2D eigenvalue weighted by Crippen LogP contribution is 2.17. The van der Waals surface area contributed by atoms with Gasteiger partial charge in [-0.05, 0) is 12.1 Å². The van der Waals surface area contributed by atoms with Gasteiger partial charge in [0.2, 0.25) is 0 Å². The summed E-state index contributed by atoms with van der Waals surface area (Å²) < 4.78 is 4.93. The van der Waals surface area contributed by atoms with Crippen molar-refractivity contribution in [1.82, 2.24) is 4.90 Å². The lowest BCUT2D eigenvalue weighted by atomic mass is 10.1. The fraction of sp³-hybridized carbons (Fsp3) is 0.385. The second kappa shape index (κ2) is 7.30. The number of aromatic hydroxyl groups is 1. The molecule has 0 aromatic heterocycles. The molecule has 18 heavy (non-hydrogen) atoms. The molecule has 0 bridgehead atoms. The van der Waals surface area contributed by atoms with Crippen LogP contribution in [0.5, 0.6) is 5.75 Å². The smallest absolute Gasteiger partial charge is 0.257 e. The van der Waals surface area contributed by atoms with E-state index in [1.807, 2.05) is 6.07 Å². The van der Waals surface area contributed by atoms with Gasteiger partial charge in [-0.1, -0.05) is 12.1 Å². The number of amides is 1. The summed E-state index contributed by atoms with van der Waals surface area (Å²) in [5.41, 5.74) is 0.242. The van der Waals surface area contributed by atoms with Crippen molar-refractivity contribution in [3.8, 4) is 11.8 Å². The molecule has 0 radical (unpaired) electrons. The molecule has 0 aliphatic carbocycles. The second-order valence-corrected chi connectivity index (χ2v) is 3.71. The van der Waals surface area contributed by atoms with Gasteiger partial charge in [0.25, 0.3) is 5.91 Å². The third-order valence-corrected chi connectivity index (χ3v) is 2.48. The number of methoxy groups -OCH3 is 1. The van der Waals surface area contributed by atoms with Crippen LogP contribution in [0.3, 0.4) is 0 Å². The summed E-state index contributed by atoms with van der Waals surface area (Å²) >= 11 is 0. The molecule has 96 valence electrons. The first-order valence-electron chi connectivity index (χ1n) is 5.64. The van der Waals surface area contributed by atoms with Crippen LogP contribution in [-0.4, -0.2) is 42.7 Å². The molecule has 1 N–H and O–H groups in total. The molecule has 0 saturated carbocycles. The van der Waals surface area contributed by atoms with Gasteiger partial charge in [0.05, 0.1) is 24.7 Å². The Hall–Kier alpha value is -2.06. The Bertz CT molecular complexity index is 440. The van der Waals surface area contributed by atoms with E-state index >= 15 is 0 Å². The fourth-order valence-electron chi connectivity index (χ4n) is 1.53. The zero-order valence-electron chi connectivity index (χ0n) is 10.3. The summed E-state index contributed by atoms with van der Waals surface area (Å²) in [4.78, 5) is 13.7. The van der Waals surface area contributed by atoms with Crippen molar-refractivity contribution >= 4 is 5.91 Å². The average Bonchev–Trinajstić information content (AvgIpc) is 2.39. The van der Waals surface area contributed by atoms with Crippen molar-refractivity contribution < 1.29 is 14.6 Å². The van der Waals surface area contributed by atoms with Crippen LogP contribution in [0.25, 0.3) is 0 Å². The minimum absolute atomic E-state index is 0.0538. The number of phenolic OH excluding ortho intramolecular Hbond substituents is 1. The van der Waals surface area contributed by atoms with E-state index in [0.717, 1.165) is 0 Å². The molecule has 0 saturated heterocycles. The predicted molar refractivity (Wildman–Crippen MR) is 66.1 cm³/mol. The first kappa shape index (κ1) is 14.0. The van der Waals surface area contributed by atoms with E-state index in [1.165, 1.54) is 11.0 Å². The van der Waals surface area contributed by atoms with Crippen LogP contribution < -0.4 is 0 Å². The van der Waals surface area contributed by atoms with Crippen molar-refractivity contribution in [3.63, 3.8) is 0 Å². The molecular weight excluding hydrogens is 232 g/mol. The lowest BCUT2D eigenvalue weighted by Gasteiger charge is -2.21. The molecular formula is C13H16N2O3. The SMILES string of the molecule is COCCN(CCC#N)C(=O)c1ccccc1O. The number of carbonyl (C=O) groups excluding carboxylic acids is 1. The summed E-state index contributed by atoms with van der Waals surface area (Å²) in [5.74, 6) is -0.345. The van der Waals surface area contributed by atoms with Crippen LogP contribution in [0.2, 0.25) is 0 Å². The van der Waals surface area contributed by atoms with Gasteiger partial charge in [0, 0.05) is 20.2 Å². The van der Waals surface area contributed by atoms with Crippen LogP contribution in [-0.2, 0) is 4.74 Å². The quantitative estimate of drug-likeness (QED) is 0.825. The van der Waals surface area contributed by atoms with Crippen LogP contribution in [0.1, 0.15) is 16.8 Å². The summed E-state index contributed by atoms with van der Waals surface area (Å²) in [6.45, 7) is 1.11. The maximum atomic E-state index is 12.2. The average molecular weight is 248 g/mol. The van der Waals surface area contributed by atoms with Crippen LogP contribution in [0.4, 0.5) is 0 Å². The summed E-state index contributed by atoms with van der Waals surface area (Å²) in [7, 11) is 1.55. The van der Waals surface area contributed by atoms with Crippen molar-refractivity contribution in [2.75, 3.05) is 26.8 Å². The third-order valence-electron chi connectivity index (χ3n) is 2.48. The van der Waals surface area contributed by atoms with Gasteiger partial charge in [0.1, 0.15) is 5.75 Å². The van der Waals surface area contributed by atoms with E-state index < -0.39 is 0 Å². The van der Waals surface area contributed by atoms with E-state index in [1.54, 1.807) is 25.3 Å². The van der Waals surface area contributed by atoms with Crippen LogP contribution in [0.15, 0.2) is 24.3 Å². The van der Waals surface area contributed by atoms with E-state index in [2.05, 4.69) is 0 Å². The van der Waals surface area contributed by atoms with Crippen LogP contribution in [0, 0.1) is 11.3 Å². The Balaban J connectivity index is 2.81. The Kier molecular flexibility index (Phi) is 5.68. The van der Waals surface area contributed by atoms with Gasteiger partial charge in [-0.2, -0.15) is 5.26 Å². The minimum atomic E-state index is -0.291. The molecule has 5 heteroatoms. The van der Waals surface area contributed by atoms with Gasteiger partial charge in [-0.25, -0.2) is 0 Å². The highest BCUT2D eigenvalue weighted by Gasteiger charge is 2.17. The first-order chi connectivity index (χ1) is 8.70. The highest BCUT2D eigenvalue weighted by molar-refractivity contribution is 5.96. The number of ether oxygens (including phenoxy) is 1. The number of hydrogen-bond acceptors (Lipinski definition) is 4. The fourth-order valence-corrected chi connectivity index (χ4v) is 1.53. The first-order valence-corrected chi connectivity index (χ1v) is 5.64. The standard InChI is InChI=1S/C13H16N2O3/c1-18-10-9-15(8-4-7-14)13(17)11-5-2-3-6-12(11)16/h2-3,5-6,16H,4,8-10H2,1H3. The number of nitriles is 1. The minimum Gasteiger partial charge on any atom is -0.507 e. The predicted octanol–water partition coefficient (Wildman–Crippen LogP) is 1.39. The molecule has 0 atom stereocenters. The Labute approximate surface area is 106 Å². The molecule has 1 aromatic carbocycles. The number of rotatable bonds is 6. The second-order valence-electron chi connectivity index (χ2n) is 3.71. The Morgan fingerprint density at radius 1 is 1.44 bits per heavy atom. The summed E-state index contributed by atoms with van der Waals surface area (Å²) in [5, 5.41) is 18.2. The normalized spacial score (nSPS) is 9.78. The van der Waals surface area contributed by atoms with E-state index in [9.17, 15) is 9.90 Å². The molecule has 0 aliphatic heterocycles. The number of para-hydroxylation sites is 1. The lowest BCUT2D eigenvalue weighted by Crippen LogP contribution is -2.34. The van der Waals surface area contributed by atoms with Crippen molar-refractivity contribution in [2.45, 2.75) is 6.42 Å². The number of carbonyl (C=O) groups is 1. The molecule has 0 heterocycles. The zero-order chi connectivity index (χ0) is 13.4. The monoisotopic (exact) mass is 248 g/mol. The van der Waals surface area contributed by atoms with Gasteiger partial charge in [-0.15, -0.1) is 0 Å². The third kappa shape index (κ3) is 3.75. The molecule has 0 aliphatic rings. The van der Waals surface area contributed by atoms with E-state index in [4.69, 9.17) is 10.00 Å². The Morgan fingerprint density at radius 2 is 2.17 bits per heavy atom. The number of hydrogen-bond donors (Lipinski definition) is 1. The van der Waals surface area contributed by atoms with Crippen molar-refractivity contribution in [3.05, 3.63) is 29.8 Å². The molecule has 0 unspecified atom stereocenters. The maximum absolute atomic E-state index is 12.2. The van der Waals surface area contributed by atoms with E-state index in [-0.39, 0.29) is 23.6 Å².